The molecule has 0 N–H and O–H groups in total. The lowest BCUT2D eigenvalue weighted by Gasteiger charge is -2.34. The Bertz CT molecular complexity index is 398. The fraction of sp³-hybridized carbons (Fsp3) is 0.867. The molecule has 5 nitrogen and oxygen atoms in total. The molecule has 1 saturated carbocycles. The van der Waals surface area contributed by atoms with Crippen molar-refractivity contribution in [2.24, 2.45) is 0 Å². The van der Waals surface area contributed by atoms with E-state index >= 15 is 0 Å². The Labute approximate surface area is 127 Å². The van der Waals surface area contributed by atoms with Crippen LogP contribution in [0.1, 0.15) is 45.4 Å². The molecule has 0 bridgehead atoms. The van der Waals surface area contributed by atoms with Gasteiger partial charge in [0, 0.05) is 18.6 Å². The van der Waals surface area contributed by atoms with E-state index in [0.717, 1.165) is 25.7 Å². The molecule has 0 aliphatic heterocycles. The van der Waals surface area contributed by atoms with Crippen LogP contribution in [0, 0.1) is 0 Å². The Morgan fingerprint density at radius 2 is 1.81 bits per heavy atom. The SMILES string of the molecule is CCOC(=O)CN(C(=O)CCP(C)(C)=O)C1CCCCC1. The van der Waals surface area contributed by atoms with Gasteiger partial charge < -0.3 is 14.2 Å². The average Bonchev–Trinajstić information content (AvgIpc) is 2.43. The van der Waals surface area contributed by atoms with E-state index < -0.39 is 7.14 Å². The molecular formula is C15H28NO4P. The maximum Gasteiger partial charge on any atom is 0.325 e. The van der Waals surface area contributed by atoms with Gasteiger partial charge in [0.05, 0.1) is 13.7 Å². The predicted octanol–water partition coefficient (Wildman–Crippen LogP) is 2.72. The largest absolute Gasteiger partial charge is 0.465 e. The van der Waals surface area contributed by atoms with Gasteiger partial charge in [-0.2, -0.15) is 0 Å². The number of carbonyl (C=O) groups excluding carboxylic acids is 2. The summed E-state index contributed by atoms with van der Waals surface area (Å²) in [6.07, 6.45) is 5.92. The smallest absolute Gasteiger partial charge is 0.325 e. The van der Waals surface area contributed by atoms with Crippen molar-refractivity contribution in [3.05, 3.63) is 0 Å². The minimum atomic E-state index is -2.21. The summed E-state index contributed by atoms with van der Waals surface area (Å²) >= 11 is 0. The van der Waals surface area contributed by atoms with Gasteiger partial charge in [-0.15, -0.1) is 0 Å². The minimum Gasteiger partial charge on any atom is -0.465 e. The summed E-state index contributed by atoms with van der Waals surface area (Å²) in [5, 5.41) is 0. The molecule has 0 spiro atoms. The number of rotatable bonds is 7. The van der Waals surface area contributed by atoms with E-state index in [9.17, 15) is 14.2 Å². The van der Waals surface area contributed by atoms with Crippen molar-refractivity contribution >= 4 is 19.0 Å². The van der Waals surface area contributed by atoms with Crippen molar-refractivity contribution in [2.45, 2.75) is 51.5 Å². The van der Waals surface area contributed by atoms with Crippen LogP contribution in [0.15, 0.2) is 0 Å². The lowest BCUT2D eigenvalue weighted by atomic mass is 9.94. The van der Waals surface area contributed by atoms with Crippen molar-refractivity contribution in [1.29, 1.82) is 0 Å². The van der Waals surface area contributed by atoms with Crippen molar-refractivity contribution in [3.63, 3.8) is 0 Å². The number of ether oxygens (including phenoxy) is 1. The fourth-order valence-electron chi connectivity index (χ4n) is 2.67. The minimum absolute atomic E-state index is 0.0229. The highest BCUT2D eigenvalue weighted by atomic mass is 31.2. The molecule has 1 amide bonds. The zero-order valence-electron chi connectivity index (χ0n) is 13.5. The molecular weight excluding hydrogens is 289 g/mol. The topological polar surface area (TPSA) is 63.7 Å². The van der Waals surface area contributed by atoms with Crippen LogP contribution >= 0.6 is 7.14 Å². The molecule has 1 aliphatic rings. The average molecular weight is 317 g/mol. The number of carbonyl (C=O) groups is 2. The van der Waals surface area contributed by atoms with Crippen LogP contribution in [-0.4, -0.2) is 55.5 Å². The zero-order valence-corrected chi connectivity index (χ0v) is 14.4. The first-order valence-electron chi connectivity index (χ1n) is 7.82. The second kappa shape index (κ2) is 8.57. The van der Waals surface area contributed by atoms with E-state index in [0.29, 0.717) is 12.8 Å². The van der Waals surface area contributed by atoms with Crippen molar-refractivity contribution in [3.8, 4) is 0 Å². The number of esters is 1. The molecule has 21 heavy (non-hydrogen) atoms. The molecule has 0 saturated heterocycles. The lowest BCUT2D eigenvalue weighted by molar-refractivity contribution is -0.150. The first-order valence-corrected chi connectivity index (χ1v) is 10.6. The van der Waals surface area contributed by atoms with Gasteiger partial charge in [0.25, 0.3) is 0 Å². The standard InChI is InChI=1S/C15H28NO4P/c1-4-20-15(18)12-16(13-8-6-5-7-9-13)14(17)10-11-21(2,3)19/h13H,4-12H2,1-3H3. The number of nitrogens with zero attached hydrogens (tertiary/aromatic N) is 1. The van der Waals surface area contributed by atoms with E-state index in [2.05, 4.69) is 0 Å². The zero-order chi connectivity index (χ0) is 15.9. The molecule has 0 unspecified atom stereocenters. The van der Waals surface area contributed by atoms with E-state index in [1.807, 2.05) is 0 Å². The molecule has 122 valence electrons. The number of hydrogen-bond donors (Lipinski definition) is 0. The maximum absolute atomic E-state index is 12.4. The predicted molar refractivity (Wildman–Crippen MR) is 84.2 cm³/mol. The molecule has 0 atom stereocenters. The van der Waals surface area contributed by atoms with Gasteiger partial charge in [0.15, 0.2) is 0 Å². The normalized spacial score (nSPS) is 16.5. The third-order valence-corrected chi connectivity index (χ3v) is 5.11. The van der Waals surface area contributed by atoms with Crippen LogP contribution in [0.3, 0.4) is 0 Å². The Kier molecular flexibility index (Phi) is 7.44. The quantitative estimate of drug-likeness (QED) is 0.535. The molecule has 1 aliphatic carbocycles. The number of hydrogen-bond acceptors (Lipinski definition) is 4. The molecule has 0 radical (unpaired) electrons. The first-order chi connectivity index (χ1) is 9.83. The van der Waals surface area contributed by atoms with Crippen LogP contribution < -0.4 is 0 Å². The first kappa shape index (κ1) is 18.2. The van der Waals surface area contributed by atoms with Gasteiger partial charge in [0.1, 0.15) is 6.54 Å². The summed E-state index contributed by atoms with van der Waals surface area (Å²) in [6.45, 7) is 5.49. The van der Waals surface area contributed by atoms with Crippen LogP contribution in [0.4, 0.5) is 0 Å². The molecule has 0 aromatic carbocycles. The lowest BCUT2D eigenvalue weighted by Crippen LogP contribution is -2.45. The number of amides is 1. The van der Waals surface area contributed by atoms with Crippen LogP contribution in [0.25, 0.3) is 0 Å². The molecule has 0 aromatic heterocycles. The molecule has 1 rings (SSSR count). The van der Waals surface area contributed by atoms with E-state index in [1.54, 1.807) is 25.2 Å². The maximum atomic E-state index is 12.4. The van der Waals surface area contributed by atoms with Gasteiger partial charge in [0.2, 0.25) is 5.91 Å². The summed E-state index contributed by atoms with van der Waals surface area (Å²) in [7, 11) is -2.21. The third kappa shape index (κ3) is 7.12. The summed E-state index contributed by atoms with van der Waals surface area (Å²) in [5.74, 6) is -0.425. The highest BCUT2D eigenvalue weighted by Gasteiger charge is 2.28. The highest BCUT2D eigenvalue weighted by molar-refractivity contribution is 7.62. The molecule has 6 heteroatoms. The van der Waals surface area contributed by atoms with E-state index in [4.69, 9.17) is 4.74 Å². The van der Waals surface area contributed by atoms with E-state index in [1.165, 1.54) is 6.42 Å². The Morgan fingerprint density at radius 1 is 1.19 bits per heavy atom. The second-order valence-corrected chi connectivity index (χ2v) is 9.76. The molecule has 0 aromatic rings. The summed E-state index contributed by atoms with van der Waals surface area (Å²) in [5.41, 5.74) is 0. The van der Waals surface area contributed by atoms with Gasteiger partial charge in [-0.25, -0.2) is 0 Å². The van der Waals surface area contributed by atoms with Crippen molar-refractivity contribution in [2.75, 3.05) is 32.6 Å². The molecule has 0 heterocycles. The highest BCUT2D eigenvalue weighted by Crippen LogP contribution is 2.36. The van der Waals surface area contributed by atoms with Gasteiger partial charge in [-0.1, -0.05) is 19.3 Å². The van der Waals surface area contributed by atoms with Crippen LogP contribution in [0.5, 0.6) is 0 Å². The third-order valence-electron chi connectivity index (χ3n) is 3.80. The fourth-order valence-corrected chi connectivity index (χ4v) is 3.40. The summed E-state index contributed by atoms with van der Waals surface area (Å²) in [4.78, 5) is 25.8. The van der Waals surface area contributed by atoms with Gasteiger partial charge in [-0.05, 0) is 33.1 Å². The summed E-state index contributed by atoms with van der Waals surface area (Å²) < 4.78 is 16.8. The van der Waals surface area contributed by atoms with Crippen molar-refractivity contribution in [1.82, 2.24) is 4.90 Å². The summed E-state index contributed by atoms with van der Waals surface area (Å²) in [6, 6.07) is 0.128. The molecule has 1 fully saturated rings. The Hall–Kier alpha value is -0.830. The second-order valence-electron chi connectivity index (χ2n) is 6.17. The van der Waals surface area contributed by atoms with Crippen molar-refractivity contribution < 1.29 is 18.9 Å². The van der Waals surface area contributed by atoms with Crippen LogP contribution in [-0.2, 0) is 18.9 Å². The van der Waals surface area contributed by atoms with E-state index in [-0.39, 0.29) is 30.9 Å². The van der Waals surface area contributed by atoms with Gasteiger partial charge >= 0.3 is 5.97 Å². The van der Waals surface area contributed by atoms with Crippen LogP contribution in [0.2, 0.25) is 0 Å². The van der Waals surface area contributed by atoms with Gasteiger partial charge in [-0.3, -0.25) is 9.59 Å². The monoisotopic (exact) mass is 317 g/mol. The Morgan fingerprint density at radius 3 is 2.33 bits per heavy atom. The Balaban J connectivity index is 2.67.